The van der Waals surface area contributed by atoms with E-state index in [0.717, 1.165) is 51.5 Å². The summed E-state index contributed by atoms with van der Waals surface area (Å²) in [4.78, 5) is 18.4. The summed E-state index contributed by atoms with van der Waals surface area (Å²) in [5.74, 6) is 1.31. The van der Waals surface area contributed by atoms with Gasteiger partial charge in [0.25, 0.3) is 0 Å². The monoisotopic (exact) mass is 292 g/mol. The van der Waals surface area contributed by atoms with E-state index in [1.807, 2.05) is 4.90 Å². The smallest absolute Gasteiger partial charge is 0.246 e. The molecule has 0 aromatic carbocycles. The molecule has 0 atom stereocenters. The number of hydrogen-bond donors (Lipinski definition) is 1. The highest BCUT2D eigenvalue weighted by atomic mass is 16.5. The third-order valence-electron chi connectivity index (χ3n) is 4.66. The Morgan fingerprint density at radius 3 is 2.71 bits per heavy atom. The van der Waals surface area contributed by atoms with Crippen LogP contribution in [0.3, 0.4) is 0 Å². The summed E-state index contributed by atoms with van der Waals surface area (Å²) in [6, 6.07) is 0. The number of nitrogens with two attached hydrogens (primary N) is 1. The van der Waals surface area contributed by atoms with Gasteiger partial charge in [-0.15, -0.1) is 0 Å². The Hall–Kier alpha value is -1.43. The van der Waals surface area contributed by atoms with Crippen LogP contribution in [0.2, 0.25) is 0 Å². The van der Waals surface area contributed by atoms with Crippen LogP contribution < -0.4 is 5.73 Å². The molecule has 0 radical (unpaired) electrons. The summed E-state index contributed by atoms with van der Waals surface area (Å²) in [7, 11) is 0. The third-order valence-corrected chi connectivity index (χ3v) is 4.66. The topological polar surface area (TPSA) is 85.2 Å². The minimum atomic E-state index is -0.429. The molecular formula is C15H24N4O2. The Kier molecular flexibility index (Phi) is 4.24. The van der Waals surface area contributed by atoms with Crippen LogP contribution in [0.25, 0.3) is 0 Å². The van der Waals surface area contributed by atoms with E-state index in [2.05, 4.69) is 10.1 Å². The van der Waals surface area contributed by atoms with Crippen LogP contribution in [0.5, 0.6) is 0 Å². The van der Waals surface area contributed by atoms with E-state index in [-0.39, 0.29) is 5.91 Å². The van der Waals surface area contributed by atoms with Crippen molar-refractivity contribution in [3.63, 3.8) is 0 Å². The first kappa shape index (κ1) is 14.5. The second kappa shape index (κ2) is 6.13. The highest BCUT2D eigenvalue weighted by Gasteiger charge is 2.36. The molecule has 2 fully saturated rings. The fourth-order valence-corrected chi connectivity index (χ4v) is 3.30. The van der Waals surface area contributed by atoms with Crippen LogP contribution in [0.1, 0.15) is 69.5 Å². The van der Waals surface area contributed by atoms with Crippen molar-refractivity contribution in [1.29, 1.82) is 0 Å². The lowest BCUT2D eigenvalue weighted by atomic mass is 9.99. The minimum absolute atomic E-state index is 0.192. The van der Waals surface area contributed by atoms with E-state index in [9.17, 15) is 4.79 Å². The molecule has 0 bridgehead atoms. The van der Waals surface area contributed by atoms with Crippen molar-refractivity contribution in [3.8, 4) is 0 Å². The molecule has 1 saturated carbocycles. The summed E-state index contributed by atoms with van der Waals surface area (Å²) in [6.45, 7) is 1.20. The average Bonchev–Trinajstić information content (AvgIpc) is 3.08. The van der Waals surface area contributed by atoms with Gasteiger partial charge in [-0.3, -0.25) is 4.79 Å². The standard InChI is InChI=1S/C15H24N4O2/c16-15(8-4-5-9-15)14-17-12(21-18-14)11-19-10-6-2-1-3-7-13(19)20/h1-11,16H2. The molecule has 1 amide bonds. The molecule has 1 saturated heterocycles. The number of amides is 1. The lowest BCUT2D eigenvalue weighted by Crippen LogP contribution is -2.35. The van der Waals surface area contributed by atoms with E-state index < -0.39 is 5.54 Å². The van der Waals surface area contributed by atoms with Crippen molar-refractivity contribution in [3.05, 3.63) is 11.7 Å². The Morgan fingerprint density at radius 1 is 1.14 bits per heavy atom. The Bertz CT molecular complexity index is 494. The summed E-state index contributed by atoms with van der Waals surface area (Å²) in [5, 5.41) is 4.05. The highest BCUT2D eigenvalue weighted by molar-refractivity contribution is 5.76. The fraction of sp³-hybridized carbons (Fsp3) is 0.800. The fourth-order valence-electron chi connectivity index (χ4n) is 3.30. The maximum Gasteiger partial charge on any atom is 0.246 e. The van der Waals surface area contributed by atoms with Gasteiger partial charge in [-0.05, 0) is 25.7 Å². The quantitative estimate of drug-likeness (QED) is 0.922. The predicted molar refractivity (Wildman–Crippen MR) is 77.1 cm³/mol. The number of likely N-dealkylation sites (tertiary alicyclic amines) is 1. The Labute approximate surface area is 125 Å². The molecule has 6 nitrogen and oxygen atoms in total. The van der Waals surface area contributed by atoms with Crippen LogP contribution in [0, 0.1) is 0 Å². The van der Waals surface area contributed by atoms with Crippen molar-refractivity contribution in [2.75, 3.05) is 6.54 Å². The number of rotatable bonds is 3. The van der Waals surface area contributed by atoms with Gasteiger partial charge in [0.2, 0.25) is 11.8 Å². The molecule has 21 heavy (non-hydrogen) atoms. The van der Waals surface area contributed by atoms with Gasteiger partial charge in [0.15, 0.2) is 5.82 Å². The molecule has 1 aromatic heterocycles. The Balaban J connectivity index is 1.67. The van der Waals surface area contributed by atoms with Crippen LogP contribution in [0.15, 0.2) is 4.52 Å². The van der Waals surface area contributed by atoms with E-state index in [1.165, 1.54) is 6.42 Å². The van der Waals surface area contributed by atoms with Crippen molar-refractivity contribution in [2.45, 2.75) is 69.9 Å². The zero-order valence-corrected chi connectivity index (χ0v) is 12.5. The van der Waals surface area contributed by atoms with Crippen LogP contribution >= 0.6 is 0 Å². The molecule has 2 N–H and O–H groups in total. The van der Waals surface area contributed by atoms with E-state index in [1.54, 1.807) is 0 Å². The van der Waals surface area contributed by atoms with Crippen LogP contribution in [-0.4, -0.2) is 27.5 Å². The van der Waals surface area contributed by atoms with Gasteiger partial charge in [0.1, 0.15) is 0 Å². The summed E-state index contributed by atoms with van der Waals surface area (Å²) in [6.07, 6.45) is 9.05. The number of carbonyl (C=O) groups is 1. The van der Waals surface area contributed by atoms with E-state index >= 15 is 0 Å². The number of hydrogen-bond acceptors (Lipinski definition) is 5. The normalized spacial score (nSPS) is 23.1. The maximum atomic E-state index is 12.1. The third kappa shape index (κ3) is 3.26. The number of carbonyl (C=O) groups excluding carboxylic acids is 1. The van der Waals surface area contributed by atoms with Crippen molar-refractivity contribution >= 4 is 5.91 Å². The first-order chi connectivity index (χ1) is 10.2. The molecule has 1 aromatic rings. The van der Waals surface area contributed by atoms with Gasteiger partial charge in [0.05, 0.1) is 12.1 Å². The molecule has 6 heteroatoms. The van der Waals surface area contributed by atoms with Crippen molar-refractivity contribution in [1.82, 2.24) is 15.0 Å². The Morgan fingerprint density at radius 2 is 1.90 bits per heavy atom. The molecule has 0 spiro atoms. The molecule has 116 valence electrons. The first-order valence-corrected chi connectivity index (χ1v) is 8.07. The maximum absolute atomic E-state index is 12.1. The highest BCUT2D eigenvalue weighted by Crippen LogP contribution is 2.34. The molecule has 1 aliphatic carbocycles. The molecular weight excluding hydrogens is 268 g/mol. The minimum Gasteiger partial charge on any atom is -0.337 e. The SMILES string of the molecule is NC1(c2noc(CN3CCCCCCC3=O)n2)CCCC1. The van der Waals surface area contributed by atoms with Gasteiger partial charge in [-0.25, -0.2) is 0 Å². The lowest BCUT2D eigenvalue weighted by molar-refractivity contribution is -0.132. The van der Waals surface area contributed by atoms with E-state index in [0.29, 0.717) is 24.7 Å². The predicted octanol–water partition coefficient (Wildman–Crippen LogP) is 2.09. The zero-order valence-electron chi connectivity index (χ0n) is 12.5. The molecule has 2 aliphatic rings. The summed E-state index contributed by atoms with van der Waals surface area (Å²) < 4.78 is 5.33. The lowest BCUT2D eigenvalue weighted by Gasteiger charge is -2.23. The van der Waals surface area contributed by atoms with Crippen molar-refractivity contribution < 1.29 is 9.32 Å². The van der Waals surface area contributed by atoms with Gasteiger partial charge in [-0.2, -0.15) is 4.98 Å². The molecule has 2 heterocycles. The van der Waals surface area contributed by atoms with Crippen LogP contribution in [-0.2, 0) is 16.9 Å². The molecule has 1 aliphatic heterocycles. The second-order valence-corrected chi connectivity index (χ2v) is 6.35. The average molecular weight is 292 g/mol. The number of aromatic nitrogens is 2. The first-order valence-electron chi connectivity index (χ1n) is 8.07. The van der Waals surface area contributed by atoms with Gasteiger partial charge in [-0.1, -0.05) is 30.8 Å². The zero-order chi connectivity index (χ0) is 14.7. The summed E-state index contributed by atoms with van der Waals surface area (Å²) in [5.41, 5.74) is 5.91. The van der Waals surface area contributed by atoms with Gasteiger partial charge < -0.3 is 15.2 Å². The largest absolute Gasteiger partial charge is 0.337 e. The second-order valence-electron chi connectivity index (χ2n) is 6.35. The molecule has 0 unspecified atom stereocenters. The van der Waals surface area contributed by atoms with Gasteiger partial charge in [0, 0.05) is 13.0 Å². The van der Waals surface area contributed by atoms with E-state index in [4.69, 9.17) is 10.3 Å². The number of nitrogens with zero attached hydrogens (tertiary/aromatic N) is 3. The van der Waals surface area contributed by atoms with Gasteiger partial charge >= 0.3 is 0 Å². The summed E-state index contributed by atoms with van der Waals surface area (Å²) >= 11 is 0. The van der Waals surface area contributed by atoms with Crippen molar-refractivity contribution in [2.24, 2.45) is 5.73 Å². The van der Waals surface area contributed by atoms with Crippen LogP contribution in [0.4, 0.5) is 0 Å². The molecule has 3 rings (SSSR count).